The third-order valence-electron chi connectivity index (χ3n) is 5.75. The first-order chi connectivity index (χ1) is 15.6. The van der Waals surface area contributed by atoms with Crippen molar-refractivity contribution in [3.05, 3.63) is 72.2 Å². The van der Waals surface area contributed by atoms with Crippen LogP contribution in [0.15, 0.2) is 65.3 Å². The zero-order valence-electron chi connectivity index (χ0n) is 17.7. The zero-order valence-corrected chi connectivity index (χ0v) is 18.5. The van der Waals surface area contributed by atoms with Gasteiger partial charge in [0.1, 0.15) is 5.01 Å². The third kappa shape index (κ3) is 4.16. The van der Waals surface area contributed by atoms with E-state index in [1.807, 2.05) is 30.3 Å². The van der Waals surface area contributed by atoms with Crippen molar-refractivity contribution in [2.24, 2.45) is 5.92 Å². The van der Waals surface area contributed by atoms with Gasteiger partial charge < -0.3 is 14.6 Å². The Labute approximate surface area is 189 Å². The maximum Gasteiger partial charge on any atom is 0.289 e. The van der Waals surface area contributed by atoms with Crippen molar-refractivity contribution in [3.63, 3.8) is 0 Å². The second-order valence-electron chi connectivity index (χ2n) is 8.12. The number of likely N-dealkylation sites (tertiary alicyclic amines) is 1. The number of furan rings is 1. The molecule has 0 unspecified atom stereocenters. The number of carbonyl (C=O) groups excluding carboxylic acids is 2. The number of anilines is 1. The van der Waals surface area contributed by atoms with E-state index in [0.29, 0.717) is 18.8 Å². The molecule has 0 aliphatic carbocycles. The van der Waals surface area contributed by atoms with E-state index in [1.165, 1.54) is 16.5 Å². The second kappa shape index (κ2) is 8.59. The number of piperidine rings is 1. The highest BCUT2D eigenvalue weighted by molar-refractivity contribution is 7.21. The summed E-state index contributed by atoms with van der Waals surface area (Å²) >= 11 is 1.67. The highest BCUT2D eigenvalue weighted by atomic mass is 32.1. The second-order valence-corrected chi connectivity index (χ2v) is 9.16. The average molecular weight is 446 g/mol. The van der Waals surface area contributed by atoms with Crippen LogP contribution in [0.4, 0.5) is 5.69 Å². The fourth-order valence-electron chi connectivity index (χ4n) is 4.03. The maximum atomic E-state index is 12.8. The van der Waals surface area contributed by atoms with Crippen molar-refractivity contribution < 1.29 is 14.0 Å². The summed E-state index contributed by atoms with van der Waals surface area (Å²) in [7, 11) is 0. The number of amides is 2. The van der Waals surface area contributed by atoms with Crippen LogP contribution in [0.5, 0.6) is 0 Å². The Bertz CT molecular complexity index is 1260. The molecule has 1 saturated heterocycles. The third-order valence-corrected chi connectivity index (χ3v) is 6.82. The van der Waals surface area contributed by atoms with Crippen LogP contribution in [0, 0.1) is 12.8 Å². The van der Waals surface area contributed by atoms with Gasteiger partial charge in [-0.05, 0) is 73.9 Å². The molecule has 162 valence electrons. The van der Waals surface area contributed by atoms with Gasteiger partial charge in [-0.25, -0.2) is 4.98 Å². The number of hydrogen-bond donors (Lipinski definition) is 1. The fraction of sp³-hybridized carbons (Fsp3) is 0.240. The van der Waals surface area contributed by atoms with Gasteiger partial charge in [0, 0.05) is 24.3 Å². The van der Waals surface area contributed by atoms with Crippen LogP contribution in [0.2, 0.25) is 0 Å². The first-order valence-electron chi connectivity index (χ1n) is 10.7. The molecule has 7 heteroatoms. The Morgan fingerprint density at radius 2 is 2.00 bits per heavy atom. The quantitative estimate of drug-likeness (QED) is 0.459. The van der Waals surface area contributed by atoms with Crippen molar-refractivity contribution in [2.45, 2.75) is 19.8 Å². The highest BCUT2D eigenvalue weighted by Gasteiger charge is 2.30. The van der Waals surface area contributed by atoms with E-state index in [0.717, 1.165) is 34.6 Å². The summed E-state index contributed by atoms with van der Waals surface area (Å²) in [5, 5.41) is 3.96. The van der Waals surface area contributed by atoms with Crippen LogP contribution in [0.3, 0.4) is 0 Å². The fourth-order valence-corrected chi connectivity index (χ4v) is 5.10. The van der Waals surface area contributed by atoms with Gasteiger partial charge in [0.15, 0.2) is 5.76 Å². The monoisotopic (exact) mass is 445 g/mol. The molecule has 2 amide bonds. The van der Waals surface area contributed by atoms with E-state index >= 15 is 0 Å². The van der Waals surface area contributed by atoms with Crippen molar-refractivity contribution in [1.29, 1.82) is 0 Å². The molecule has 6 nitrogen and oxygen atoms in total. The van der Waals surface area contributed by atoms with Crippen LogP contribution >= 0.6 is 11.3 Å². The first-order valence-corrected chi connectivity index (χ1v) is 11.5. The molecule has 2 aromatic carbocycles. The molecule has 0 spiro atoms. The number of fused-ring (bicyclic) bond motifs is 1. The molecule has 1 aliphatic heterocycles. The number of aryl methyl sites for hydroxylation is 1. The van der Waals surface area contributed by atoms with Crippen LogP contribution in [0.25, 0.3) is 20.8 Å². The minimum absolute atomic E-state index is 0.0647. The summed E-state index contributed by atoms with van der Waals surface area (Å²) in [6, 6.07) is 17.4. The van der Waals surface area contributed by atoms with Crippen LogP contribution in [-0.4, -0.2) is 34.8 Å². The van der Waals surface area contributed by atoms with E-state index < -0.39 is 0 Å². The molecule has 5 rings (SSSR count). The van der Waals surface area contributed by atoms with Gasteiger partial charge in [-0.2, -0.15) is 0 Å². The Morgan fingerprint density at radius 3 is 2.78 bits per heavy atom. The first kappa shape index (κ1) is 20.5. The predicted molar refractivity (Wildman–Crippen MR) is 126 cm³/mol. The van der Waals surface area contributed by atoms with Crippen molar-refractivity contribution in [2.75, 3.05) is 18.4 Å². The molecular formula is C25H23N3O3S. The summed E-state index contributed by atoms with van der Waals surface area (Å²) in [6.45, 7) is 3.11. The van der Waals surface area contributed by atoms with Gasteiger partial charge in [-0.15, -0.1) is 11.3 Å². The smallest absolute Gasteiger partial charge is 0.289 e. The van der Waals surface area contributed by atoms with E-state index in [2.05, 4.69) is 24.4 Å². The Morgan fingerprint density at radius 1 is 1.16 bits per heavy atom. The topological polar surface area (TPSA) is 75.4 Å². The lowest BCUT2D eigenvalue weighted by atomic mass is 9.96. The molecule has 32 heavy (non-hydrogen) atoms. The molecule has 0 bridgehead atoms. The van der Waals surface area contributed by atoms with Crippen LogP contribution in [-0.2, 0) is 4.79 Å². The molecule has 4 aromatic rings. The molecule has 2 aromatic heterocycles. The normalized spacial score (nSPS) is 16.3. The van der Waals surface area contributed by atoms with E-state index in [9.17, 15) is 9.59 Å². The number of nitrogens with one attached hydrogen (secondary N) is 1. The molecular weight excluding hydrogens is 422 g/mol. The molecule has 0 radical (unpaired) electrons. The van der Waals surface area contributed by atoms with E-state index in [1.54, 1.807) is 28.4 Å². The summed E-state index contributed by atoms with van der Waals surface area (Å²) in [4.78, 5) is 31.8. The Hall–Kier alpha value is -3.45. The molecule has 1 atom stereocenters. The number of hydrogen-bond acceptors (Lipinski definition) is 5. The lowest BCUT2D eigenvalue weighted by molar-refractivity contribution is -0.121. The Kier molecular flexibility index (Phi) is 5.49. The SMILES string of the molecule is Cc1ccc2nc(-c3ccc(NC(=O)[C@@H]4CCCN(C(=O)c5ccco5)C4)cc3)sc2c1. The highest BCUT2D eigenvalue weighted by Crippen LogP contribution is 2.31. The van der Waals surface area contributed by atoms with Gasteiger partial charge in [0.25, 0.3) is 5.91 Å². The number of aromatic nitrogens is 1. The standard InChI is InChI=1S/C25H23N3O3S/c1-16-6-11-20-22(14-16)32-24(27-20)17-7-9-19(10-8-17)26-23(29)18-4-2-12-28(15-18)25(30)21-5-3-13-31-21/h3,5-11,13-14,18H,2,4,12,15H2,1H3,(H,26,29)/t18-/m1/s1. The number of rotatable bonds is 4. The van der Waals surface area contributed by atoms with Gasteiger partial charge in [-0.1, -0.05) is 6.07 Å². The number of thiazole rings is 1. The summed E-state index contributed by atoms with van der Waals surface area (Å²) in [5.74, 6) is -0.158. The number of carbonyl (C=O) groups is 2. The molecule has 1 aliphatic rings. The summed E-state index contributed by atoms with van der Waals surface area (Å²) in [5.41, 5.74) is 3.98. The van der Waals surface area contributed by atoms with Crippen LogP contribution in [0.1, 0.15) is 29.0 Å². The molecule has 1 fully saturated rings. The average Bonchev–Trinajstić information content (AvgIpc) is 3.49. The minimum atomic E-state index is -0.241. The summed E-state index contributed by atoms with van der Waals surface area (Å²) in [6.07, 6.45) is 3.04. The van der Waals surface area contributed by atoms with E-state index in [-0.39, 0.29) is 17.7 Å². The van der Waals surface area contributed by atoms with Crippen molar-refractivity contribution in [1.82, 2.24) is 9.88 Å². The number of nitrogens with zero attached hydrogens (tertiary/aromatic N) is 2. The van der Waals surface area contributed by atoms with Gasteiger partial charge >= 0.3 is 0 Å². The van der Waals surface area contributed by atoms with Crippen molar-refractivity contribution in [3.8, 4) is 10.6 Å². The predicted octanol–water partition coefficient (Wildman–Crippen LogP) is 5.36. The molecule has 1 N–H and O–H groups in total. The minimum Gasteiger partial charge on any atom is -0.459 e. The van der Waals surface area contributed by atoms with Gasteiger partial charge in [-0.3, -0.25) is 9.59 Å². The van der Waals surface area contributed by atoms with Crippen LogP contribution < -0.4 is 5.32 Å². The Balaban J connectivity index is 1.24. The van der Waals surface area contributed by atoms with Gasteiger partial charge in [0.05, 0.1) is 22.4 Å². The lowest BCUT2D eigenvalue weighted by Crippen LogP contribution is -2.43. The zero-order chi connectivity index (χ0) is 22.1. The lowest BCUT2D eigenvalue weighted by Gasteiger charge is -2.31. The largest absolute Gasteiger partial charge is 0.459 e. The summed E-state index contributed by atoms with van der Waals surface area (Å²) < 4.78 is 6.39. The maximum absolute atomic E-state index is 12.8. The molecule has 3 heterocycles. The molecule has 0 saturated carbocycles. The number of benzene rings is 2. The van der Waals surface area contributed by atoms with Gasteiger partial charge in [0.2, 0.25) is 5.91 Å². The van der Waals surface area contributed by atoms with E-state index in [4.69, 9.17) is 9.40 Å². The van der Waals surface area contributed by atoms with Crippen molar-refractivity contribution >= 4 is 39.1 Å².